The topological polar surface area (TPSA) is 111 Å². The molecule has 3 rings (SSSR count). The number of rotatable bonds is 5. The standard InChI is InChI=1S/C20H25N5O4/c1-5-24(6-2)14-9-7-13(8-10-14)16-11-15(22-25(16)12(3)26)17-18(27)21-20(29)23(4)19(17)28/h7-10,16,28H,5-6,11H2,1-4H3,(H,21,27,29). The molecule has 1 aliphatic rings. The van der Waals surface area contributed by atoms with Crippen molar-refractivity contribution in [3.8, 4) is 5.88 Å². The highest BCUT2D eigenvalue weighted by atomic mass is 16.3. The van der Waals surface area contributed by atoms with Crippen molar-refractivity contribution in [3.05, 3.63) is 56.2 Å². The molecule has 0 saturated carbocycles. The molecule has 29 heavy (non-hydrogen) atoms. The second kappa shape index (κ2) is 7.94. The van der Waals surface area contributed by atoms with E-state index in [1.807, 2.05) is 24.3 Å². The largest absolute Gasteiger partial charge is 0.494 e. The maximum absolute atomic E-state index is 12.3. The number of carbonyl (C=O) groups excluding carboxylic acids is 1. The number of carbonyl (C=O) groups is 1. The van der Waals surface area contributed by atoms with Crippen molar-refractivity contribution < 1.29 is 9.90 Å². The zero-order chi connectivity index (χ0) is 21.3. The van der Waals surface area contributed by atoms with Gasteiger partial charge in [0.15, 0.2) is 0 Å². The van der Waals surface area contributed by atoms with Crippen molar-refractivity contribution in [2.75, 3.05) is 18.0 Å². The van der Waals surface area contributed by atoms with E-state index < -0.39 is 23.2 Å². The van der Waals surface area contributed by atoms with Crippen molar-refractivity contribution >= 4 is 17.3 Å². The number of hydrazone groups is 1. The van der Waals surface area contributed by atoms with Crippen LogP contribution in [0.15, 0.2) is 39.0 Å². The molecule has 1 aliphatic heterocycles. The van der Waals surface area contributed by atoms with Gasteiger partial charge < -0.3 is 10.0 Å². The number of benzene rings is 1. The van der Waals surface area contributed by atoms with Gasteiger partial charge in [0.25, 0.3) is 5.56 Å². The van der Waals surface area contributed by atoms with E-state index in [1.165, 1.54) is 19.0 Å². The van der Waals surface area contributed by atoms with Crippen molar-refractivity contribution in [2.45, 2.75) is 33.2 Å². The Morgan fingerprint density at radius 1 is 1.24 bits per heavy atom. The van der Waals surface area contributed by atoms with E-state index in [1.54, 1.807) is 0 Å². The highest BCUT2D eigenvalue weighted by molar-refractivity contribution is 6.04. The first kappa shape index (κ1) is 20.4. The number of anilines is 1. The van der Waals surface area contributed by atoms with Gasteiger partial charge in [-0.1, -0.05) is 12.1 Å². The van der Waals surface area contributed by atoms with Crippen molar-refractivity contribution in [1.82, 2.24) is 14.6 Å². The minimum Gasteiger partial charge on any atom is -0.494 e. The van der Waals surface area contributed by atoms with Gasteiger partial charge in [-0.15, -0.1) is 0 Å². The fourth-order valence-corrected chi connectivity index (χ4v) is 3.58. The van der Waals surface area contributed by atoms with Crippen LogP contribution in [0.3, 0.4) is 0 Å². The van der Waals surface area contributed by atoms with Gasteiger partial charge >= 0.3 is 5.69 Å². The molecule has 9 nitrogen and oxygen atoms in total. The third-order valence-electron chi connectivity index (χ3n) is 5.22. The number of nitrogens with zero attached hydrogens (tertiary/aromatic N) is 4. The van der Waals surface area contributed by atoms with E-state index in [9.17, 15) is 19.5 Å². The number of hydrogen-bond donors (Lipinski definition) is 2. The summed E-state index contributed by atoms with van der Waals surface area (Å²) in [6.07, 6.45) is 0.249. The highest BCUT2D eigenvalue weighted by Gasteiger charge is 2.34. The van der Waals surface area contributed by atoms with Crippen LogP contribution in [-0.4, -0.2) is 44.4 Å². The molecule has 0 radical (unpaired) electrons. The maximum atomic E-state index is 12.3. The fraction of sp³-hybridized carbons (Fsp3) is 0.400. The minimum absolute atomic E-state index is 0.0967. The molecule has 0 saturated heterocycles. The Kier molecular flexibility index (Phi) is 5.58. The first-order valence-electron chi connectivity index (χ1n) is 9.53. The first-order valence-corrected chi connectivity index (χ1v) is 9.53. The Morgan fingerprint density at radius 2 is 1.86 bits per heavy atom. The lowest BCUT2D eigenvalue weighted by atomic mass is 9.99. The molecule has 2 N–H and O–H groups in total. The zero-order valence-corrected chi connectivity index (χ0v) is 17.0. The van der Waals surface area contributed by atoms with E-state index in [0.717, 1.165) is 28.9 Å². The van der Waals surface area contributed by atoms with E-state index in [-0.39, 0.29) is 23.6 Å². The predicted molar refractivity (Wildman–Crippen MR) is 110 cm³/mol. The number of amides is 1. The van der Waals surface area contributed by atoms with Crippen LogP contribution in [0.2, 0.25) is 0 Å². The van der Waals surface area contributed by atoms with Crippen LogP contribution >= 0.6 is 0 Å². The summed E-state index contributed by atoms with van der Waals surface area (Å²) >= 11 is 0. The van der Waals surface area contributed by atoms with E-state index in [4.69, 9.17) is 0 Å². The van der Waals surface area contributed by atoms with Gasteiger partial charge in [-0.3, -0.25) is 19.1 Å². The quantitative estimate of drug-likeness (QED) is 0.788. The van der Waals surface area contributed by atoms with Gasteiger partial charge in [-0.25, -0.2) is 9.80 Å². The van der Waals surface area contributed by atoms with Gasteiger partial charge in [-0.05, 0) is 31.5 Å². The summed E-state index contributed by atoms with van der Waals surface area (Å²) < 4.78 is 0.934. The number of aromatic nitrogens is 2. The van der Waals surface area contributed by atoms with Gasteiger partial charge in [0.1, 0.15) is 5.56 Å². The van der Waals surface area contributed by atoms with E-state index in [2.05, 4.69) is 28.8 Å². The summed E-state index contributed by atoms with van der Waals surface area (Å²) in [7, 11) is 1.35. The summed E-state index contributed by atoms with van der Waals surface area (Å²) in [5.74, 6) is -0.753. The Hall–Kier alpha value is -3.36. The lowest BCUT2D eigenvalue weighted by molar-refractivity contribution is -0.130. The molecule has 1 aromatic carbocycles. The second-order valence-corrected chi connectivity index (χ2v) is 6.91. The third kappa shape index (κ3) is 3.67. The normalized spacial score (nSPS) is 16.1. The number of nitrogens with one attached hydrogen (secondary N) is 1. The molecule has 0 fully saturated rings. The van der Waals surface area contributed by atoms with Crippen LogP contribution in [0.4, 0.5) is 5.69 Å². The summed E-state index contributed by atoms with van der Waals surface area (Å²) in [5, 5.41) is 15.9. The maximum Gasteiger partial charge on any atom is 0.330 e. The SMILES string of the molecule is CCN(CC)c1ccc(C2CC(c3c(O)n(C)c(=O)[nH]c3=O)=NN2C(C)=O)cc1. The molecule has 1 amide bonds. The number of aromatic hydroxyl groups is 1. The zero-order valence-electron chi connectivity index (χ0n) is 17.0. The monoisotopic (exact) mass is 399 g/mol. The van der Waals surface area contributed by atoms with Gasteiger partial charge in [0, 0.05) is 39.2 Å². The lowest BCUT2D eigenvalue weighted by Gasteiger charge is -2.23. The van der Waals surface area contributed by atoms with Gasteiger partial charge in [0.2, 0.25) is 11.8 Å². The van der Waals surface area contributed by atoms with Crippen LogP contribution < -0.4 is 16.1 Å². The number of H-pyrrole nitrogens is 1. The van der Waals surface area contributed by atoms with Crippen LogP contribution in [0.5, 0.6) is 5.88 Å². The van der Waals surface area contributed by atoms with E-state index >= 15 is 0 Å². The molecule has 2 heterocycles. The van der Waals surface area contributed by atoms with E-state index in [0.29, 0.717) is 0 Å². The highest BCUT2D eigenvalue weighted by Crippen LogP contribution is 2.34. The van der Waals surface area contributed by atoms with Crippen LogP contribution in [-0.2, 0) is 11.8 Å². The Bertz CT molecular complexity index is 1060. The summed E-state index contributed by atoms with van der Waals surface area (Å²) in [6, 6.07) is 7.48. The molecule has 1 unspecified atom stereocenters. The summed E-state index contributed by atoms with van der Waals surface area (Å²) in [5.41, 5.74) is 0.662. The molecule has 0 aliphatic carbocycles. The van der Waals surface area contributed by atoms with Crippen LogP contribution in [0, 0.1) is 0 Å². The van der Waals surface area contributed by atoms with Crippen LogP contribution in [0.1, 0.15) is 44.4 Å². The third-order valence-corrected chi connectivity index (χ3v) is 5.22. The van der Waals surface area contributed by atoms with Crippen LogP contribution in [0.25, 0.3) is 0 Å². The molecular formula is C20H25N5O4. The first-order chi connectivity index (χ1) is 13.8. The Balaban J connectivity index is 1.98. The number of aromatic amines is 1. The minimum atomic E-state index is -0.731. The average molecular weight is 399 g/mol. The fourth-order valence-electron chi connectivity index (χ4n) is 3.58. The summed E-state index contributed by atoms with van der Waals surface area (Å²) in [4.78, 5) is 40.5. The number of hydrogen-bond acceptors (Lipinski definition) is 6. The van der Waals surface area contributed by atoms with Gasteiger partial charge in [-0.2, -0.15) is 5.10 Å². The van der Waals surface area contributed by atoms with Crippen molar-refractivity contribution in [2.24, 2.45) is 12.1 Å². The molecule has 1 atom stereocenters. The molecular weight excluding hydrogens is 374 g/mol. The molecule has 0 spiro atoms. The Labute approximate surface area is 167 Å². The predicted octanol–water partition coefficient (Wildman–Crippen LogP) is 1.32. The second-order valence-electron chi connectivity index (χ2n) is 6.91. The van der Waals surface area contributed by atoms with Crippen molar-refractivity contribution in [3.63, 3.8) is 0 Å². The molecule has 9 heteroatoms. The molecule has 154 valence electrons. The lowest BCUT2D eigenvalue weighted by Crippen LogP contribution is -2.32. The summed E-state index contributed by atoms with van der Waals surface area (Å²) in [6.45, 7) is 7.35. The van der Waals surface area contributed by atoms with Gasteiger partial charge in [0.05, 0.1) is 11.8 Å². The molecule has 0 bridgehead atoms. The Morgan fingerprint density at radius 3 is 2.41 bits per heavy atom. The average Bonchev–Trinajstić information content (AvgIpc) is 3.13. The smallest absolute Gasteiger partial charge is 0.330 e. The van der Waals surface area contributed by atoms with Crippen molar-refractivity contribution in [1.29, 1.82) is 0 Å². The molecule has 1 aromatic heterocycles. The molecule has 2 aromatic rings.